The molecule has 0 aliphatic rings. The van der Waals surface area contributed by atoms with Crippen LogP contribution in [0.15, 0.2) is 89.5 Å². The number of nitrogens with two attached hydrogens (primary N) is 1. The van der Waals surface area contributed by atoms with Crippen LogP contribution in [0.3, 0.4) is 0 Å². The summed E-state index contributed by atoms with van der Waals surface area (Å²) in [4.78, 5) is 33.1. The molecule has 1 heterocycles. The van der Waals surface area contributed by atoms with E-state index in [1.807, 2.05) is 79.0 Å². The lowest BCUT2D eigenvalue weighted by atomic mass is 10.1. The number of nitrogens with one attached hydrogen (secondary N) is 1. The number of amides is 2. The first-order valence-electron chi connectivity index (χ1n) is 11.2. The van der Waals surface area contributed by atoms with Crippen LogP contribution in [0, 0.1) is 0 Å². The Bertz CT molecular complexity index is 1270. The van der Waals surface area contributed by atoms with Crippen LogP contribution in [-0.4, -0.2) is 41.3 Å². The molecule has 6 nitrogen and oxygen atoms in total. The van der Waals surface area contributed by atoms with Crippen LogP contribution in [0.25, 0.3) is 10.9 Å². The quantitative estimate of drug-likeness (QED) is 0.326. The van der Waals surface area contributed by atoms with E-state index in [2.05, 4.69) is 27.0 Å². The van der Waals surface area contributed by atoms with Gasteiger partial charge in [-0.1, -0.05) is 58.4 Å². The second-order valence-electron chi connectivity index (χ2n) is 8.01. The summed E-state index contributed by atoms with van der Waals surface area (Å²) in [5.41, 5.74) is 9.31. The summed E-state index contributed by atoms with van der Waals surface area (Å²) < 4.78 is 0.870. The van der Waals surface area contributed by atoms with E-state index in [1.54, 1.807) is 9.80 Å². The monoisotopic (exact) mass is 518 g/mol. The van der Waals surface area contributed by atoms with Crippen molar-refractivity contribution in [3.63, 3.8) is 0 Å². The largest absolute Gasteiger partial charge is 0.361 e. The van der Waals surface area contributed by atoms with E-state index < -0.39 is 0 Å². The molecule has 2 amide bonds. The average molecular weight is 519 g/mol. The third-order valence-corrected chi connectivity index (χ3v) is 6.19. The zero-order chi connectivity index (χ0) is 23.9. The first-order valence-corrected chi connectivity index (χ1v) is 12.0. The zero-order valence-electron chi connectivity index (χ0n) is 18.8. The second kappa shape index (κ2) is 11.1. The normalized spacial score (nSPS) is 10.9. The molecular weight excluding hydrogens is 492 g/mol. The Morgan fingerprint density at radius 1 is 0.882 bits per heavy atom. The molecule has 7 heteroatoms. The van der Waals surface area contributed by atoms with E-state index in [4.69, 9.17) is 5.73 Å². The van der Waals surface area contributed by atoms with Gasteiger partial charge < -0.3 is 15.6 Å². The fourth-order valence-electron chi connectivity index (χ4n) is 4.03. The predicted molar refractivity (Wildman–Crippen MR) is 140 cm³/mol. The minimum atomic E-state index is -0.186. The van der Waals surface area contributed by atoms with Crippen LogP contribution in [0.5, 0.6) is 0 Å². The first kappa shape index (κ1) is 23.7. The third kappa shape index (κ3) is 5.55. The van der Waals surface area contributed by atoms with Gasteiger partial charge in [-0.2, -0.15) is 0 Å². The summed E-state index contributed by atoms with van der Waals surface area (Å²) in [5.74, 6) is -0.313. The first-order chi connectivity index (χ1) is 16.6. The van der Waals surface area contributed by atoms with Gasteiger partial charge in [-0.25, -0.2) is 0 Å². The Kier molecular flexibility index (Phi) is 7.77. The number of nitrogens with zero attached hydrogens (tertiary/aromatic N) is 2. The molecule has 4 aromatic rings. The number of hydrogen-bond acceptors (Lipinski definition) is 3. The Balaban J connectivity index is 1.58. The van der Waals surface area contributed by atoms with Gasteiger partial charge in [0.2, 0.25) is 5.91 Å². The number of carbonyl (C=O) groups is 2. The molecule has 0 bridgehead atoms. The van der Waals surface area contributed by atoms with Crippen molar-refractivity contribution in [2.45, 2.75) is 12.8 Å². The molecule has 3 aromatic carbocycles. The van der Waals surface area contributed by atoms with Gasteiger partial charge in [-0.3, -0.25) is 14.5 Å². The fraction of sp³-hybridized carbons (Fsp3) is 0.185. The zero-order valence-corrected chi connectivity index (χ0v) is 20.4. The van der Waals surface area contributed by atoms with Crippen molar-refractivity contribution >= 4 is 50.0 Å². The molecule has 1 aromatic heterocycles. The van der Waals surface area contributed by atoms with Crippen LogP contribution < -0.4 is 10.6 Å². The number of benzene rings is 3. The van der Waals surface area contributed by atoms with E-state index in [0.717, 1.165) is 32.3 Å². The van der Waals surface area contributed by atoms with Crippen molar-refractivity contribution < 1.29 is 9.59 Å². The van der Waals surface area contributed by atoms with Crippen molar-refractivity contribution in [3.8, 4) is 0 Å². The maximum absolute atomic E-state index is 13.6. The molecule has 0 spiro atoms. The lowest BCUT2D eigenvalue weighted by Gasteiger charge is -2.28. The standard InChI is InChI=1S/C27H27BrN4O2/c28-21-7-6-10-23(17-21)32(22-8-2-1-3-9-22)27(34)19-31(26(33)13-15-29)16-14-20-18-30-25-12-5-4-11-24(20)25/h1-12,17-18,30H,13-16,19,29H2. The SMILES string of the molecule is NCCC(=O)N(CCc1c[nH]c2ccccc12)CC(=O)N(c1ccccc1)c1cccc(Br)c1. The Morgan fingerprint density at radius 2 is 1.62 bits per heavy atom. The molecule has 174 valence electrons. The molecule has 4 rings (SSSR count). The number of H-pyrrole nitrogens is 1. The molecular formula is C27H27BrN4O2. The second-order valence-corrected chi connectivity index (χ2v) is 8.92. The van der Waals surface area contributed by atoms with Crippen molar-refractivity contribution in [2.75, 3.05) is 24.5 Å². The molecule has 34 heavy (non-hydrogen) atoms. The van der Waals surface area contributed by atoms with E-state index >= 15 is 0 Å². The molecule has 0 atom stereocenters. The van der Waals surface area contributed by atoms with Crippen LogP contribution in [-0.2, 0) is 16.0 Å². The molecule has 0 saturated carbocycles. The number of halogens is 1. The van der Waals surface area contributed by atoms with Crippen molar-refractivity contribution in [1.82, 2.24) is 9.88 Å². The summed E-state index contributed by atoms with van der Waals surface area (Å²) in [6.45, 7) is 0.626. The van der Waals surface area contributed by atoms with Crippen LogP contribution in [0.4, 0.5) is 11.4 Å². The third-order valence-electron chi connectivity index (χ3n) is 5.69. The number of aromatic amines is 1. The highest BCUT2D eigenvalue weighted by Crippen LogP contribution is 2.28. The number of hydrogen-bond donors (Lipinski definition) is 2. The number of aromatic nitrogens is 1. The highest BCUT2D eigenvalue weighted by molar-refractivity contribution is 9.10. The van der Waals surface area contributed by atoms with Gasteiger partial charge in [-0.05, 0) is 48.4 Å². The Labute approximate surface area is 207 Å². The van der Waals surface area contributed by atoms with Crippen LogP contribution >= 0.6 is 15.9 Å². The molecule has 0 unspecified atom stereocenters. The molecule has 0 aliphatic heterocycles. The van der Waals surface area contributed by atoms with Gasteiger partial charge in [-0.15, -0.1) is 0 Å². The lowest BCUT2D eigenvalue weighted by molar-refractivity contribution is -0.134. The van der Waals surface area contributed by atoms with E-state index in [1.165, 1.54) is 0 Å². The molecule has 0 fully saturated rings. The minimum Gasteiger partial charge on any atom is -0.361 e. The summed E-state index contributed by atoms with van der Waals surface area (Å²) >= 11 is 3.49. The van der Waals surface area contributed by atoms with Crippen molar-refractivity contribution in [1.29, 1.82) is 0 Å². The van der Waals surface area contributed by atoms with Gasteiger partial charge in [0.1, 0.15) is 6.54 Å². The highest BCUT2D eigenvalue weighted by atomic mass is 79.9. The van der Waals surface area contributed by atoms with Crippen LogP contribution in [0.2, 0.25) is 0 Å². The predicted octanol–water partition coefficient (Wildman–Crippen LogP) is 5.02. The number of fused-ring (bicyclic) bond motifs is 1. The molecule has 0 radical (unpaired) electrons. The van der Waals surface area contributed by atoms with Crippen molar-refractivity contribution in [2.24, 2.45) is 5.73 Å². The minimum absolute atomic E-state index is 0.0391. The van der Waals surface area contributed by atoms with E-state index in [-0.39, 0.29) is 31.3 Å². The Hall–Kier alpha value is -3.42. The smallest absolute Gasteiger partial charge is 0.251 e. The number of carbonyl (C=O) groups excluding carboxylic acids is 2. The molecule has 0 saturated heterocycles. The molecule has 3 N–H and O–H groups in total. The molecule has 0 aliphatic carbocycles. The van der Waals surface area contributed by atoms with Gasteiger partial charge >= 0.3 is 0 Å². The highest BCUT2D eigenvalue weighted by Gasteiger charge is 2.23. The van der Waals surface area contributed by atoms with E-state index in [9.17, 15) is 9.59 Å². The Morgan fingerprint density at radius 3 is 2.38 bits per heavy atom. The van der Waals surface area contributed by atoms with E-state index in [0.29, 0.717) is 13.0 Å². The van der Waals surface area contributed by atoms with Gasteiger partial charge in [0.25, 0.3) is 5.91 Å². The number of anilines is 2. The summed E-state index contributed by atoms with van der Waals surface area (Å²) in [6.07, 6.45) is 2.80. The van der Waals surface area contributed by atoms with Crippen LogP contribution in [0.1, 0.15) is 12.0 Å². The number of para-hydroxylation sites is 2. The summed E-state index contributed by atoms with van der Waals surface area (Å²) in [7, 11) is 0. The summed E-state index contributed by atoms with van der Waals surface area (Å²) in [5, 5.41) is 1.13. The fourth-order valence-corrected chi connectivity index (χ4v) is 4.42. The topological polar surface area (TPSA) is 82.4 Å². The van der Waals surface area contributed by atoms with Gasteiger partial charge in [0, 0.05) is 46.8 Å². The van der Waals surface area contributed by atoms with Crippen molar-refractivity contribution in [3.05, 3.63) is 95.1 Å². The summed E-state index contributed by atoms with van der Waals surface area (Å²) in [6, 6.07) is 25.1. The maximum atomic E-state index is 13.6. The lowest BCUT2D eigenvalue weighted by Crippen LogP contribution is -2.42. The van der Waals surface area contributed by atoms with Gasteiger partial charge in [0.15, 0.2) is 0 Å². The van der Waals surface area contributed by atoms with Gasteiger partial charge in [0.05, 0.1) is 5.69 Å². The maximum Gasteiger partial charge on any atom is 0.251 e. The number of rotatable bonds is 9. The average Bonchev–Trinajstić information content (AvgIpc) is 3.26.